The maximum atomic E-state index is 6.10. The third-order valence-corrected chi connectivity index (χ3v) is 4.70. The molecule has 0 heterocycles. The van der Waals surface area contributed by atoms with E-state index in [1.807, 2.05) is 0 Å². The first kappa shape index (κ1) is 6.14. The van der Waals surface area contributed by atoms with E-state index in [0.717, 1.165) is 11.8 Å². The highest BCUT2D eigenvalue weighted by molar-refractivity contribution is 6.51. The molecule has 3 aliphatic carbocycles. The zero-order chi connectivity index (χ0) is 6.93. The minimum atomic E-state index is -0.288. The molecule has 0 radical (unpaired) electrons. The van der Waals surface area contributed by atoms with Crippen LogP contribution in [0.2, 0.25) is 0 Å². The third kappa shape index (κ3) is 0.494. The molecular formula is C8H10Cl2. The lowest BCUT2D eigenvalue weighted by atomic mass is 10.0. The Kier molecular flexibility index (Phi) is 0.929. The van der Waals surface area contributed by atoms with Gasteiger partial charge in [0.15, 0.2) is 0 Å². The van der Waals surface area contributed by atoms with Crippen LogP contribution in [0.3, 0.4) is 0 Å². The SMILES string of the molecule is ClC1(Cl)C2C1[C@H]1CC[C@@H]2C1. The Bertz CT molecular complexity index is 170. The van der Waals surface area contributed by atoms with Gasteiger partial charge in [0.1, 0.15) is 4.33 Å². The Morgan fingerprint density at radius 1 is 1.00 bits per heavy atom. The van der Waals surface area contributed by atoms with E-state index in [-0.39, 0.29) is 4.33 Å². The van der Waals surface area contributed by atoms with Gasteiger partial charge in [-0.1, -0.05) is 0 Å². The Balaban J connectivity index is 1.97. The summed E-state index contributed by atoms with van der Waals surface area (Å²) in [6, 6.07) is 0. The van der Waals surface area contributed by atoms with Gasteiger partial charge in [-0.2, -0.15) is 0 Å². The predicted octanol–water partition coefficient (Wildman–Crippen LogP) is 2.84. The number of fused-ring (bicyclic) bond motifs is 5. The number of hydrogen-bond acceptors (Lipinski definition) is 0. The zero-order valence-electron chi connectivity index (χ0n) is 5.69. The van der Waals surface area contributed by atoms with Gasteiger partial charge in [0.25, 0.3) is 0 Å². The van der Waals surface area contributed by atoms with Gasteiger partial charge in [0.05, 0.1) is 0 Å². The monoisotopic (exact) mass is 176 g/mol. The first-order valence-corrected chi connectivity index (χ1v) is 4.84. The summed E-state index contributed by atoms with van der Waals surface area (Å²) in [4.78, 5) is 0. The first-order chi connectivity index (χ1) is 4.71. The van der Waals surface area contributed by atoms with Crippen LogP contribution in [0.5, 0.6) is 0 Å². The maximum absolute atomic E-state index is 6.10. The molecule has 3 aliphatic rings. The second kappa shape index (κ2) is 1.51. The number of alkyl halides is 2. The molecule has 56 valence electrons. The standard InChI is InChI=1S/C8H10Cl2/c9-8(10)6-4-1-2-5(3-4)7(6)8/h4-7H,1-3H2/t4-,5+,6?,7?. The van der Waals surface area contributed by atoms with Crippen LogP contribution in [-0.4, -0.2) is 4.33 Å². The molecule has 2 bridgehead atoms. The van der Waals surface area contributed by atoms with Gasteiger partial charge in [-0.25, -0.2) is 0 Å². The highest BCUT2D eigenvalue weighted by atomic mass is 35.5. The summed E-state index contributed by atoms with van der Waals surface area (Å²) in [7, 11) is 0. The molecule has 4 atom stereocenters. The van der Waals surface area contributed by atoms with E-state index in [1.165, 1.54) is 19.3 Å². The van der Waals surface area contributed by atoms with Crippen LogP contribution in [0.25, 0.3) is 0 Å². The molecule has 2 heteroatoms. The Morgan fingerprint density at radius 2 is 1.50 bits per heavy atom. The molecule has 3 fully saturated rings. The Hall–Kier alpha value is 0.580. The van der Waals surface area contributed by atoms with Crippen molar-refractivity contribution in [3.63, 3.8) is 0 Å². The largest absolute Gasteiger partial charge is 0.125 e. The van der Waals surface area contributed by atoms with Crippen molar-refractivity contribution < 1.29 is 0 Å². The molecule has 10 heavy (non-hydrogen) atoms. The fraction of sp³-hybridized carbons (Fsp3) is 1.00. The Labute approximate surface area is 70.9 Å². The summed E-state index contributed by atoms with van der Waals surface area (Å²) < 4.78 is -0.288. The highest BCUT2D eigenvalue weighted by Gasteiger charge is 2.73. The average Bonchev–Trinajstić information content (AvgIpc) is 2.37. The van der Waals surface area contributed by atoms with Crippen molar-refractivity contribution in [1.29, 1.82) is 0 Å². The van der Waals surface area contributed by atoms with E-state index >= 15 is 0 Å². The molecule has 0 aromatic heterocycles. The van der Waals surface area contributed by atoms with E-state index in [9.17, 15) is 0 Å². The number of hydrogen-bond donors (Lipinski definition) is 0. The lowest BCUT2D eigenvalue weighted by Gasteiger charge is -2.07. The van der Waals surface area contributed by atoms with E-state index in [2.05, 4.69) is 0 Å². The van der Waals surface area contributed by atoms with Crippen LogP contribution >= 0.6 is 23.2 Å². The van der Waals surface area contributed by atoms with Gasteiger partial charge >= 0.3 is 0 Å². The molecule has 0 aliphatic heterocycles. The van der Waals surface area contributed by atoms with Gasteiger partial charge in [-0.15, -0.1) is 23.2 Å². The quantitative estimate of drug-likeness (QED) is 0.499. The van der Waals surface area contributed by atoms with Crippen molar-refractivity contribution in [1.82, 2.24) is 0 Å². The summed E-state index contributed by atoms with van der Waals surface area (Å²) in [5.41, 5.74) is 0. The van der Waals surface area contributed by atoms with Gasteiger partial charge in [-0.05, 0) is 31.1 Å². The van der Waals surface area contributed by atoms with E-state index in [0.29, 0.717) is 11.8 Å². The smallest absolute Gasteiger partial charge is 0.101 e. The molecule has 0 aromatic rings. The van der Waals surface area contributed by atoms with Crippen LogP contribution in [0.15, 0.2) is 0 Å². The van der Waals surface area contributed by atoms with Crippen LogP contribution < -0.4 is 0 Å². The lowest BCUT2D eigenvalue weighted by Crippen LogP contribution is -2.04. The fourth-order valence-electron chi connectivity index (χ4n) is 3.30. The van der Waals surface area contributed by atoms with Gasteiger partial charge in [-0.3, -0.25) is 0 Å². The molecule has 0 N–H and O–H groups in total. The first-order valence-electron chi connectivity index (χ1n) is 4.09. The minimum absolute atomic E-state index is 0.288. The topological polar surface area (TPSA) is 0 Å². The minimum Gasteiger partial charge on any atom is -0.101 e. The number of halogens is 2. The Morgan fingerprint density at radius 3 is 1.90 bits per heavy atom. The molecular weight excluding hydrogens is 167 g/mol. The van der Waals surface area contributed by atoms with Crippen molar-refractivity contribution in [2.24, 2.45) is 23.7 Å². The molecule has 0 aromatic carbocycles. The van der Waals surface area contributed by atoms with Gasteiger partial charge < -0.3 is 0 Å². The van der Waals surface area contributed by atoms with Crippen molar-refractivity contribution in [2.45, 2.75) is 23.6 Å². The zero-order valence-corrected chi connectivity index (χ0v) is 7.20. The second-order valence-electron chi connectivity index (χ2n) is 4.06. The molecule has 0 amide bonds. The molecule has 0 nitrogen and oxygen atoms in total. The van der Waals surface area contributed by atoms with Crippen LogP contribution in [0.4, 0.5) is 0 Å². The van der Waals surface area contributed by atoms with E-state index < -0.39 is 0 Å². The normalized spacial score (nSPS) is 60.6. The summed E-state index contributed by atoms with van der Waals surface area (Å²) in [5, 5.41) is 0. The summed E-state index contributed by atoms with van der Waals surface area (Å²) in [6.07, 6.45) is 4.22. The highest BCUT2D eigenvalue weighted by Crippen LogP contribution is 2.75. The van der Waals surface area contributed by atoms with Crippen molar-refractivity contribution in [2.75, 3.05) is 0 Å². The number of rotatable bonds is 0. The average molecular weight is 177 g/mol. The summed E-state index contributed by atoms with van der Waals surface area (Å²) in [5.74, 6) is 3.17. The van der Waals surface area contributed by atoms with Crippen LogP contribution in [-0.2, 0) is 0 Å². The summed E-state index contributed by atoms with van der Waals surface area (Å²) in [6.45, 7) is 0. The lowest BCUT2D eigenvalue weighted by molar-refractivity contribution is 0.456. The molecule has 2 unspecified atom stereocenters. The van der Waals surface area contributed by atoms with Gasteiger partial charge in [0.2, 0.25) is 0 Å². The van der Waals surface area contributed by atoms with Crippen LogP contribution in [0, 0.1) is 23.7 Å². The third-order valence-electron chi connectivity index (χ3n) is 3.70. The van der Waals surface area contributed by atoms with Gasteiger partial charge in [0, 0.05) is 11.8 Å². The van der Waals surface area contributed by atoms with Crippen LogP contribution in [0.1, 0.15) is 19.3 Å². The molecule has 3 saturated carbocycles. The van der Waals surface area contributed by atoms with E-state index in [1.54, 1.807) is 0 Å². The molecule has 3 rings (SSSR count). The second-order valence-corrected chi connectivity index (χ2v) is 5.50. The van der Waals surface area contributed by atoms with Crippen molar-refractivity contribution in [3.8, 4) is 0 Å². The van der Waals surface area contributed by atoms with Crippen molar-refractivity contribution >= 4 is 23.2 Å². The van der Waals surface area contributed by atoms with Crippen molar-refractivity contribution in [3.05, 3.63) is 0 Å². The summed E-state index contributed by atoms with van der Waals surface area (Å²) >= 11 is 12.2. The van der Waals surface area contributed by atoms with E-state index in [4.69, 9.17) is 23.2 Å². The molecule has 0 saturated heterocycles. The maximum Gasteiger partial charge on any atom is 0.125 e. The predicted molar refractivity (Wildman–Crippen MR) is 42.2 cm³/mol. The molecule has 0 spiro atoms. The fourth-order valence-corrected chi connectivity index (χ4v) is 4.42.